The number of nitrogens with one attached hydrogen (secondary N) is 2. The highest BCUT2D eigenvalue weighted by Gasteiger charge is 2.23. The molecule has 0 aliphatic rings. The molecule has 31 heavy (non-hydrogen) atoms. The zero-order chi connectivity index (χ0) is 23.4. The summed E-state index contributed by atoms with van der Waals surface area (Å²) in [6.45, 7) is 12.6. The van der Waals surface area contributed by atoms with Gasteiger partial charge in [0.05, 0.1) is 4.90 Å². The third-order valence-electron chi connectivity index (χ3n) is 5.06. The summed E-state index contributed by atoms with van der Waals surface area (Å²) in [6.07, 6.45) is 0. The van der Waals surface area contributed by atoms with Crippen LogP contribution in [0.15, 0.2) is 47.4 Å². The molecule has 0 fully saturated rings. The van der Waals surface area contributed by atoms with E-state index in [1.807, 2.05) is 18.2 Å². The summed E-state index contributed by atoms with van der Waals surface area (Å²) in [5, 5.41) is 2.95. The van der Waals surface area contributed by atoms with E-state index in [1.54, 1.807) is 33.8 Å². The van der Waals surface area contributed by atoms with E-state index in [4.69, 9.17) is 0 Å². The van der Waals surface area contributed by atoms with Crippen LogP contribution in [0.25, 0.3) is 0 Å². The van der Waals surface area contributed by atoms with Crippen LogP contribution >= 0.6 is 0 Å². The van der Waals surface area contributed by atoms with Crippen LogP contribution in [0.2, 0.25) is 0 Å². The molecule has 0 spiro atoms. The fraction of sp³-hybridized carbons (Fsp3) is 0.458. The van der Waals surface area contributed by atoms with Crippen molar-refractivity contribution in [1.29, 1.82) is 0 Å². The van der Waals surface area contributed by atoms with Gasteiger partial charge in [-0.25, -0.2) is 13.1 Å². The van der Waals surface area contributed by atoms with Gasteiger partial charge in [-0.2, -0.15) is 0 Å². The Kier molecular flexibility index (Phi) is 8.03. The van der Waals surface area contributed by atoms with Crippen molar-refractivity contribution in [3.05, 3.63) is 64.7 Å². The molecule has 0 bridgehead atoms. The Morgan fingerprint density at radius 1 is 1.06 bits per heavy atom. The number of benzene rings is 2. The first kappa shape index (κ1) is 25.0. The third kappa shape index (κ3) is 7.16. The van der Waals surface area contributed by atoms with E-state index >= 15 is 0 Å². The minimum Gasteiger partial charge on any atom is -0.348 e. The molecule has 2 N–H and O–H groups in total. The topological polar surface area (TPSA) is 78.5 Å². The molecule has 0 unspecified atom stereocenters. The van der Waals surface area contributed by atoms with Gasteiger partial charge in [-0.3, -0.25) is 9.69 Å². The van der Waals surface area contributed by atoms with Gasteiger partial charge in [0.1, 0.15) is 0 Å². The van der Waals surface area contributed by atoms with Crippen molar-refractivity contribution in [3.8, 4) is 0 Å². The normalized spacial score (nSPS) is 12.4. The second kappa shape index (κ2) is 9.94. The van der Waals surface area contributed by atoms with E-state index < -0.39 is 15.6 Å². The molecule has 2 aromatic rings. The van der Waals surface area contributed by atoms with Crippen LogP contribution in [0.1, 0.15) is 61.7 Å². The average Bonchev–Trinajstić information content (AvgIpc) is 2.65. The Morgan fingerprint density at radius 3 is 2.26 bits per heavy atom. The highest BCUT2D eigenvalue weighted by molar-refractivity contribution is 7.89. The van der Waals surface area contributed by atoms with Gasteiger partial charge in [0.2, 0.25) is 10.0 Å². The predicted octanol–water partition coefficient (Wildman–Crippen LogP) is 3.84. The maximum Gasteiger partial charge on any atom is 0.251 e. The smallest absolute Gasteiger partial charge is 0.251 e. The Labute approximate surface area is 187 Å². The molecule has 0 heterocycles. The van der Waals surface area contributed by atoms with Crippen LogP contribution in [-0.4, -0.2) is 37.9 Å². The van der Waals surface area contributed by atoms with E-state index in [0.717, 1.165) is 23.2 Å². The maximum absolute atomic E-state index is 12.9. The molecule has 0 aromatic heterocycles. The molecule has 0 atom stereocenters. The maximum atomic E-state index is 12.9. The van der Waals surface area contributed by atoms with Crippen LogP contribution < -0.4 is 10.0 Å². The van der Waals surface area contributed by atoms with Crippen molar-refractivity contribution in [2.24, 2.45) is 0 Å². The van der Waals surface area contributed by atoms with Gasteiger partial charge in [0.25, 0.3) is 5.91 Å². The summed E-state index contributed by atoms with van der Waals surface area (Å²) in [6, 6.07) is 13.1. The molecule has 2 aromatic carbocycles. The molecule has 0 aliphatic heterocycles. The minimum atomic E-state index is -3.72. The van der Waals surface area contributed by atoms with E-state index in [2.05, 4.69) is 41.9 Å². The SMILES string of the molecule is Cc1ccc(S(=O)(=O)NC(C)(C)C)cc1C(=O)NCc1ccccc1CN(C)C(C)C. The second-order valence-corrected chi connectivity index (χ2v) is 11.0. The lowest BCUT2D eigenvalue weighted by Crippen LogP contribution is -2.40. The lowest BCUT2D eigenvalue weighted by atomic mass is 10.1. The number of nitrogens with zero attached hydrogens (tertiary/aromatic N) is 1. The van der Waals surface area contributed by atoms with E-state index in [-0.39, 0.29) is 10.8 Å². The molecule has 7 heteroatoms. The van der Waals surface area contributed by atoms with Crippen molar-refractivity contribution in [3.63, 3.8) is 0 Å². The number of hydrogen-bond acceptors (Lipinski definition) is 4. The van der Waals surface area contributed by atoms with Gasteiger partial charge in [-0.05, 0) is 77.4 Å². The molecule has 0 saturated heterocycles. The average molecular weight is 446 g/mol. The molecule has 6 nitrogen and oxygen atoms in total. The fourth-order valence-electron chi connectivity index (χ4n) is 3.08. The number of rotatable bonds is 8. The van der Waals surface area contributed by atoms with Crippen LogP contribution in [-0.2, 0) is 23.1 Å². The van der Waals surface area contributed by atoms with Crippen molar-refractivity contribution in [2.45, 2.75) is 71.1 Å². The van der Waals surface area contributed by atoms with Gasteiger partial charge >= 0.3 is 0 Å². The van der Waals surface area contributed by atoms with Gasteiger partial charge in [-0.15, -0.1) is 0 Å². The van der Waals surface area contributed by atoms with Crippen molar-refractivity contribution < 1.29 is 13.2 Å². The quantitative estimate of drug-likeness (QED) is 0.647. The fourth-order valence-corrected chi connectivity index (χ4v) is 4.53. The molecule has 2 rings (SSSR count). The number of hydrogen-bond donors (Lipinski definition) is 2. The number of carbonyl (C=O) groups excluding carboxylic acids is 1. The highest BCUT2D eigenvalue weighted by atomic mass is 32.2. The molecular weight excluding hydrogens is 410 g/mol. The van der Waals surface area contributed by atoms with Crippen LogP contribution in [0.3, 0.4) is 0 Å². The lowest BCUT2D eigenvalue weighted by Gasteiger charge is -2.22. The summed E-state index contributed by atoms with van der Waals surface area (Å²) in [5.74, 6) is -0.294. The van der Waals surface area contributed by atoms with E-state index in [9.17, 15) is 13.2 Å². The minimum absolute atomic E-state index is 0.0807. The lowest BCUT2D eigenvalue weighted by molar-refractivity contribution is 0.0950. The zero-order valence-electron chi connectivity index (χ0n) is 19.6. The summed E-state index contributed by atoms with van der Waals surface area (Å²) in [5.41, 5.74) is 2.66. The largest absolute Gasteiger partial charge is 0.348 e. The molecule has 0 aliphatic carbocycles. The molecule has 170 valence electrons. The zero-order valence-corrected chi connectivity index (χ0v) is 20.4. The number of sulfonamides is 1. The first-order chi connectivity index (χ1) is 14.3. The Morgan fingerprint density at radius 2 is 1.68 bits per heavy atom. The Hall–Kier alpha value is -2.22. The van der Waals surface area contributed by atoms with Crippen LogP contribution in [0.5, 0.6) is 0 Å². The number of carbonyl (C=O) groups is 1. The monoisotopic (exact) mass is 445 g/mol. The van der Waals surface area contributed by atoms with Crippen LogP contribution in [0, 0.1) is 6.92 Å². The molecule has 1 amide bonds. The van der Waals surface area contributed by atoms with Crippen molar-refractivity contribution >= 4 is 15.9 Å². The first-order valence-electron chi connectivity index (χ1n) is 10.5. The number of aryl methyl sites for hydroxylation is 1. The summed E-state index contributed by atoms with van der Waals surface area (Å²) in [7, 11) is -1.65. The van der Waals surface area contributed by atoms with Gasteiger partial charge < -0.3 is 5.32 Å². The molecule has 0 saturated carbocycles. The summed E-state index contributed by atoms with van der Waals surface area (Å²) < 4.78 is 28.0. The third-order valence-corrected chi connectivity index (χ3v) is 6.82. The second-order valence-electron chi connectivity index (χ2n) is 9.29. The van der Waals surface area contributed by atoms with Gasteiger partial charge in [-0.1, -0.05) is 30.3 Å². The number of amides is 1. The van der Waals surface area contributed by atoms with Gasteiger partial charge in [0, 0.05) is 30.2 Å². The van der Waals surface area contributed by atoms with E-state index in [0.29, 0.717) is 18.2 Å². The van der Waals surface area contributed by atoms with Gasteiger partial charge in [0.15, 0.2) is 0 Å². The molecule has 0 radical (unpaired) electrons. The van der Waals surface area contributed by atoms with Crippen LogP contribution in [0.4, 0.5) is 0 Å². The first-order valence-corrected chi connectivity index (χ1v) is 12.0. The molecular formula is C24H35N3O3S. The summed E-state index contributed by atoms with van der Waals surface area (Å²) in [4.78, 5) is 15.2. The Balaban J connectivity index is 2.21. The predicted molar refractivity (Wildman–Crippen MR) is 125 cm³/mol. The summed E-state index contributed by atoms with van der Waals surface area (Å²) >= 11 is 0. The Bertz CT molecular complexity index is 1020. The standard InChI is InChI=1S/C24H35N3O3S/c1-17(2)27(7)16-20-11-9-8-10-19(20)15-25-23(28)22-14-21(13-12-18(22)3)31(29,30)26-24(4,5)6/h8-14,17,26H,15-16H2,1-7H3,(H,25,28). The highest BCUT2D eigenvalue weighted by Crippen LogP contribution is 2.18. The van der Waals surface area contributed by atoms with Crippen molar-refractivity contribution in [2.75, 3.05) is 7.05 Å². The van der Waals surface area contributed by atoms with Crippen molar-refractivity contribution in [1.82, 2.24) is 14.9 Å². The van der Waals surface area contributed by atoms with E-state index in [1.165, 1.54) is 12.1 Å².